The maximum absolute atomic E-state index is 13.6. The van der Waals surface area contributed by atoms with E-state index >= 15 is 0 Å². The van der Waals surface area contributed by atoms with Crippen molar-refractivity contribution in [2.24, 2.45) is 0 Å². The average molecular weight is 458 g/mol. The zero-order chi connectivity index (χ0) is 23.9. The van der Waals surface area contributed by atoms with Crippen LogP contribution in [0.3, 0.4) is 0 Å². The van der Waals surface area contributed by atoms with Crippen molar-refractivity contribution in [2.75, 3.05) is 37.7 Å². The number of piperazine rings is 1. The summed E-state index contributed by atoms with van der Waals surface area (Å²) in [5, 5.41) is 9.08. The van der Waals surface area contributed by atoms with Crippen molar-refractivity contribution in [2.45, 2.75) is 20.0 Å². The highest BCUT2D eigenvalue weighted by atomic mass is 16.3. The first-order valence-corrected chi connectivity index (χ1v) is 11.7. The molecule has 0 atom stereocenters. The van der Waals surface area contributed by atoms with Gasteiger partial charge in [0, 0.05) is 44.0 Å². The molecule has 34 heavy (non-hydrogen) atoms. The number of nitrogens with zero attached hydrogens (tertiary/aromatic N) is 3. The molecule has 6 heteroatoms. The minimum Gasteiger partial charge on any atom is -0.388 e. The SMILES string of the molecule is Cc1cccc(N(Cc2ccc(C(=O)CO)cc2)C(=O)N2CCN(Cc3ccccc3)CC2)c1. The lowest BCUT2D eigenvalue weighted by Crippen LogP contribution is -2.52. The fraction of sp³-hybridized carbons (Fsp3) is 0.286. The van der Waals surface area contributed by atoms with E-state index in [4.69, 9.17) is 5.11 Å². The van der Waals surface area contributed by atoms with Gasteiger partial charge in [-0.3, -0.25) is 14.6 Å². The van der Waals surface area contributed by atoms with Gasteiger partial charge < -0.3 is 10.0 Å². The van der Waals surface area contributed by atoms with E-state index in [2.05, 4.69) is 29.2 Å². The molecule has 1 heterocycles. The molecular weight excluding hydrogens is 426 g/mol. The molecule has 2 amide bonds. The van der Waals surface area contributed by atoms with E-state index in [-0.39, 0.29) is 11.8 Å². The molecule has 6 nitrogen and oxygen atoms in total. The Kier molecular flexibility index (Phi) is 7.72. The third kappa shape index (κ3) is 5.90. The molecule has 0 aliphatic carbocycles. The normalized spacial score (nSPS) is 14.1. The number of hydrogen-bond acceptors (Lipinski definition) is 4. The Bertz CT molecular complexity index is 1110. The Morgan fingerprint density at radius 3 is 2.21 bits per heavy atom. The molecule has 1 aliphatic heterocycles. The van der Waals surface area contributed by atoms with E-state index < -0.39 is 6.61 Å². The van der Waals surface area contributed by atoms with Crippen LogP contribution in [0.5, 0.6) is 0 Å². The van der Waals surface area contributed by atoms with Gasteiger partial charge in [-0.25, -0.2) is 4.79 Å². The standard InChI is InChI=1S/C28H31N3O3/c1-22-6-5-9-26(18-22)31(20-24-10-12-25(13-11-24)27(33)21-32)28(34)30-16-14-29(15-17-30)19-23-7-3-2-4-8-23/h2-13,18,32H,14-17,19-21H2,1H3. The molecule has 1 fully saturated rings. The summed E-state index contributed by atoms with van der Waals surface area (Å²) in [6.07, 6.45) is 0. The number of ketones is 1. The predicted octanol–water partition coefficient (Wildman–Crippen LogP) is 4.11. The van der Waals surface area contributed by atoms with Gasteiger partial charge in [0.1, 0.15) is 6.61 Å². The largest absolute Gasteiger partial charge is 0.388 e. The summed E-state index contributed by atoms with van der Waals surface area (Å²) in [4.78, 5) is 31.5. The molecule has 0 unspecified atom stereocenters. The first-order chi connectivity index (χ1) is 16.5. The summed E-state index contributed by atoms with van der Waals surface area (Å²) in [5.74, 6) is -0.313. The number of Topliss-reactive ketones (excluding diaryl/α,β-unsaturated/α-hetero) is 1. The number of urea groups is 1. The average Bonchev–Trinajstić information content (AvgIpc) is 2.88. The molecule has 1 N–H and O–H groups in total. The van der Waals surface area contributed by atoms with E-state index in [1.165, 1.54) is 5.56 Å². The van der Waals surface area contributed by atoms with Crippen molar-refractivity contribution in [3.63, 3.8) is 0 Å². The van der Waals surface area contributed by atoms with Crippen LogP contribution in [0.4, 0.5) is 10.5 Å². The number of aryl methyl sites for hydroxylation is 1. The fourth-order valence-corrected chi connectivity index (χ4v) is 4.24. The second-order valence-electron chi connectivity index (χ2n) is 8.73. The minimum absolute atomic E-state index is 0.0135. The van der Waals surface area contributed by atoms with Gasteiger partial charge >= 0.3 is 6.03 Å². The van der Waals surface area contributed by atoms with Gasteiger partial charge in [0.05, 0.1) is 6.54 Å². The van der Waals surface area contributed by atoms with Gasteiger partial charge in [-0.1, -0.05) is 66.7 Å². The Labute approximate surface area is 201 Å². The molecule has 1 saturated heterocycles. The second kappa shape index (κ2) is 11.1. The molecule has 0 radical (unpaired) electrons. The van der Waals surface area contributed by atoms with Crippen LogP contribution in [0.25, 0.3) is 0 Å². The molecule has 3 aromatic carbocycles. The zero-order valence-electron chi connectivity index (χ0n) is 19.6. The Hall–Kier alpha value is -3.48. The Balaban J connectivity index is 1.47. The van der Waals surface area contributed by atoms with E-state index in [1.807, 2.05) is 59.2 Å². The van der Waals surface area contributed by atoms with E-state index in [0.717, 1.165) is 36.4 Å². The fourth-order valence-electron chi connectivity index (χ4n) is 4.24. The third-order valence-corrected chi connectivity index (χ3v) is 6.20. The highest BCUT2D eigenvalue weighted by Gasteiger charge is 2.26. The van der Waals surface area contributed by atoms with Crippen LogP contribution in [0.1, 0.15) is 27.0 Å². The van der Waals surface area contributed by atoms with Crippen molar-refractivity contribution < 1.29 is 14.7 Å². The van der Waals surface area contributed by atoms with Gasteiger partial charge in [0.2, 0.25) is 0 Å². The van der Waals surface area contributed by atoms with Crippen LogP contribution in [-0.2, 0) is 13.1 Å². The van der Waals surface area contributed by atoms with Gasteiger partial charge in [-0.15, -0.1) is 0 Å². The summed E-state index contributed by atoms with van der Waals surface area (Å²) in [6, 6.07) is 25.5. The van der Waals surface area contributed by atoms with Crippen LogP contribution >= 0.6 is 0 Å². The number of carbonyl (C=O) groups is 2. The number of amides is 2. The second-order valence-corrected chi connectivity index (χ2v) is 8.73. The first kappa shape index (κ1) is 23.7. The molecular formula is C28H31N3O3. The summed E-state index contributed by atoms with van der Waals surface area (Å²) < 4.78 is 0. The van der Waals surface area contributed by atoms with Crippen LogP contribution in [0.2, 0.25) is 0 Å². The quantitative estimate of drug-likeness (QED) is 0.542. The number of hydrogen-bond donors (Lipinski definition) is 1. The van der Waals surface area contributed by atoms with Gasteiger partial charge in [0.25, 0.3) is 0 Å². The van der Waals surface area contributed by atoms with E-state index in [0.29, 0.717) is 25.2 Å². The highest BCUT2D eigenvalue weighted by molar-refractivity contribution is 5.97. The monoisotopic (exact) mass is 457 g/mol. The van der Waals surface area contributed by atoms with Gasteiger partial charge in [-0.05, 0) is 35.7 Å². The summed E-state index contributed by atoms with van der Waals surface area (Å²) in [5.41, 5.74) is 4.62. The van der Waals surface area contributed by atoms with Crippen molar-refractivity contribution in [1.29, 1.82) is 0 Å². The van der Waals surface area contributed by atoms with E-state index in [9.17, 15) is 9.59 Å². The molecule has 0 saturated carbocycles. The molecule has 0 aromatic heterocycles. The maximum atomic E-state index is 13.6. The number of rotatable bonds is 7. The molecule has 0 spiro atoms. The number of carbonyl (C=O) groups excluding carboxylic acids is 2. The lowest BCUT2D eigenvalue weighted by atomic mass is 10.1. The third-order valence-electron chi connectivity index (χ3n) is 6.20. The number of anilines is 1. The molecule has 176 valence electrons. The van der Waals surface area contributed by atoms with Crippen molar-refractivity contribution >= 4 is 17.5 Å². The smallest absolute Gasteiger partial charge is 0.324 e. The topological polar surface area (TPSA) is 64.1 Å². The molecule has 3 aromatic rings. The lowest BCUT2D eigenvalue weighted by molar-refractivity contribution is 0.0903. The van der Waals surface area contributed by atoms with Crippen LogP contribution in [-0.4, -0.2) is 59.5 Å². The predicted molar refractivity (Wildman–Crippen MR) is 134 cm³/mol. The zero-order valence-corrected chi connectivity index (χ0v) is 19.6. The van der Waals surface area contributed by atoms with Crippen LogP contribution < -0.4 is 4.90 Å². The maximum Gasteiger partial charge on any atom is 0.324 e. The minimum atomic E-state index is -0.510. The lowest BCUT2D eigenvalue weighted by Gasteiger charge is -2.37. The number of aliphatic hydroxyl groups is 1. The Morgan fingerprint density at radius 2 is 1.56 bits per heavy atom. The van der Waals surface area contributed by atoms with Gasteiger partial charge in [0.15, 0.2) is 5.78 Å². The van der Waals surface area contributed by atoms with Crippen LogP contribution in [0, 0.1) is 6.92 Å². The van der Waals surface area contributed by atoms with Crippen molar-refractivity contribution in [3.05, 3.63) is 101 Å². The molecule has 4 rings (SSSR count). The summed E-state index contributed by atoms with van der Waals surface area (Å²) in [7, 11) is 0. The molecule has 1 aliphatic rings. The highest BCUT2D eigenvalue weighted by Crippen LogP contribution is 2.22. The van der Waals surface area contributed by atoms with Gasteiger partial charge in [-0.2, -0.15) is 0 Å². The van der Waals surface area contributed by atoms with Crippen molar-refractivity contribution in [3.8, 4) is 0 Å². The summed E-state index contributed by atoms with van der Waals surface area (Å²) in [6.45, 7) is 5.83. The Morgan fingerprint density at radius 1 is 0.853 bits per heavy atom. The first-order valence-electron chi connectivity index (χ1n) is 11.7. The number of aliphatic hydroxyl groups excluding tert-OH is 1. The number of benzene rings is 3. The summed E-state index contributed by atoms with van der Waals surface area (Å²) >= 11 is 0. The van der Waals surface area contributed by atoms with Crippen LogP contribution in [0.15, 0.2) is 78.9 Å². The van der Waals surface area contributed by atoms with E-state index in [1.54, 1.807) is 12.1 Å². The van der Waals surface area contributed by atoms with Crippen molar-refractivity contribution in [1.82, 2.24) is 9.80 Å². The molecule has 0 bridgehead atoms.